The van der Waals surface area contributed by atoms with Crippen LogP contribution < -0.4 is 10.1 Å². The van der Waals surface area contributed by atoms with Gasteiger partial charge in [-0.15, -0.1) is 0 Å². The first-order chi connectivity index (χ1) is 15.2. The van der Waals surface area contributed by atoms with Crippen LogP contribution in [0.5, 0.6) is 5.75 Å². The number of fused-ring (bicyclic) bond motifs is 1. The number of nitrogens with one attached hydrogen (secondary N) is 1. The van der Waals surface area contributed by atoms with E-state index in [-0.39, 0.29) is 17.9 Å². The second-order valence-corrected chi connectivity index (χ2v) is 7.73. The van der Waals surface area contributed by atoms with Gasteiger partial charge in [-0.25, -0.2) is 4.79 Å². The van der Waals surface area contributed by atoms with E-state index in [2.05, 4.69) is 5.32 Å². The zero-order chi connectivity index (χ0) is 21.6. The average Bonchev–Trinajstić information content (AvgIpc) is 2.83. The van der Waals surface area contributed by atoms with Crippen molar-refractivity contribution in [2.75, 3.05) is 6.61 Å². The Morgan fingerprint density at radius 3 is 2.19 bits per heavy atom. The Kier molecular flexibility index (Phi) is 6.43. The van der Waals surface area contributed by atoms with E-state index in [4.69, 9.17) is 9.84 Å². The van der Waals surface area contributed by atoms with Crippen LogP contribution in [0, 0.1) is 5.92 Å². The molecule has 158 valence electrons. The van der Waals surface area contributed by atoms with Crippen LogP contribution >= 0.6 is 0 Å². The van der Waals surface area contributed by atoms with Crippen LogP contribution in [0.4, 0.5) is 0 Å². The summed E-state index contributed by atoms with van der Waals surface area (Å²) in [6, 6.07) is 25.2. The van der Waals surface area contributed by atoms with E-state index < -0.39 is 12.6 Å². The van der Waals surface area contributed by atoms with Crippen LogP contribution in [0.2, 0.25) is 0 Å². The number of carbonyl (C=O) groups excluding carboxylic acids is 2. The summed E-state index contributed by atoms with van der Waals surface area (Å²) in [7, 11) is 0. The van der Waals surface area contributed by atoms with Gasteiger partial charge in [-0.3, -0.25) is 4.79 Å². The third-order valence-electron chi connectivity index (χ3n) is 5.72. The van der Waals surface area contributed by atoms with Gasteiger partial charge < -0.3 is 15.2 Å². The molecule has 31 heavy (non-hydrogen) atoms. The van der Waals surface area contributed by atoms with Crippen molar-refractivity contribution in [2.24, 2.45) is 5.92 Å². The molecule has 1 atom stereocenters. The molecular formula is C26H25NO4. The highest BCUT2D eigenvalue weighted by Gasteiger charge is 2.29. The number of ether oxygens (including phenoxy) is 1. The van der Waals surface area contributed by atoms with Crippen LogP contribution in [0.3, 0.4) is 0 Å². The minimum absolute atomic E-state index is 0.0149. The van der Waals surface area contributed by atoms with Gasteiger partial charge in [-0.05, 0) is 47.6 Å². The number of hydrogen-bond acceptors (Lipinski definition) is 4. The Bertz CT molecular complexity index is 1010. The van der Waals surface area contributed by atoms with Gasteiger partial charge >= 0.3 is 5.97 Å². The molecule has 1 amide bonds. The van der Waals surface area contributed by atoms with Gasteiger partial charge in [-0.2, -0.15) is 0 Å². The standard InChI is InChI=1S/C26H25NO4/c28-17-24(29)31-23-13-7-12-20-16-21(14-15-22(20)23)26(30)27-25(18-8-3-1-4-9-18)19-10-5-2-6-11-19/h1-13,21,25,28H,14-17H2,(H,27,30). The van der Waals surface area contributed by atoms with Crippen LogP contribution in [0.15, 0.2) is 78.9 Å². The van der Waals surface area contributed by atoms with E-state index in [0.29, 0.717) is 25.0 Å². The smallest absolute Gasteiger partial charge is 0.337 e. The van der Waals surface area contributed by atoms with Crippen molar-refractivity contribution in [3.8, 4) is 5.75 Å². The van der Waals surface area contributed by atoms with E-state index >= 15 is 0 Å². The van der Waals surface area contributed by atoms with Gasteiger partial charge in [0.05, 0.1) is 6.04 Å². The first-order valence-corrected chi connectivity index (χ1v) is 10.5. The topological polar surface area (TPSA) is 75.6 Å². The lowest BCUT2D eigenvalue weighted by atomic mass is 9.82. The highest BCUT2D eigenvalue weighted by atomic mass is 16.5. The molecule has 0 heterocycles. The fourth-order valence-corrected chi connectivity index (χ4v) is 4.16. The fraction of sp³-hybridized carbons (Fsp3) is 0.231. The van der Waals surface area contributed by atoms with Crippen LogP contribution in [-0.4, -0.2) is 23.6 Å². The lowest BCUT2D eigenvalue weighted by Crippen LogP contribution is -2.37. The molecule has 4 rings (SSSR count). The number of benzene rings is 3. The number of carbonyl (C=O) groups is 2. The molecule has 2 N–H and O–H groups in total. The van der Waals surface area contributed by atoms with Crippen LogP contribution in [0.1, 0.15) is 34.7 Å². The molecule has 0 radical (unpaired) electrons. The van der Waals surface area contributed by atoms with Gasteiger partial charge in [0.15, 0.2) is 0 Å². The van der Waals surface area contributed by atoms with Crippen molar-refractivity contribution in [2.45, 2.75) is 25.3 Å². The molecule has 0 spiro atoms. The summed E-state index contributed by atoms with van der Waals surface area (Å²) in [5, 5.41) is 12.2. The Morgan fingerprint density at radius 2 is 1.58 bits per heavy atom. The maximum atomic E-state index is 13.2. The predicted molar refractivity (Wildman–Crippen MR) is 118 cm³/mol. The molecule has 0 saturated carbocycles. The number of hydrogen-bond donors (Lipinski definition) is 2. The molecule has 0 aromatic heterocycles. The minimum Gasteiger partial charge on any atom is -0.425 e. The molecule has 0 saturated heterocycles. The SMILES string of the molecule is O=C(CO)Oc1cccc2c1CCC(C(=O)NC(c1ccccc1)c1ccccc1)C2. The van der Waals surface area contributed by atoms with Crippen molar-refractivity contribution in [1.29, 1.82) is 0 Å². The van der Waals surface area contributed by atoms with Gasteiger partial charge in [0.25, 0.3) is 0 Å². The monoisotopic (exact) mass is 415 g/mol. The van der Waals surface area contributed by atoms with E-state index in [0.717, 1.165) is 22.3 Å². The van der Waals surface area contributed by atoms with E-state index in [1.165, 1.54) is 0 Å². The molecule has 1 aliphatic carbocycles. The Labute approximate surface area is 181 Å². The first-order valence-electron chi connectivity index (χ1n) is 10.5. The summed E-state index contributed by atoms with van der Waals surface area (Å²) in [5.74, 6) is -0.351. The quantitative estimate of drug-likeness (QED) is 0.477. The third kappa shape index (κ3) is 4.84. The zero-order valence-corrected chi connectivity index (χ0v) is 17.2. The van der Waals surface area contributed by atoms with E-state index in [9.17, 15) is 9.59 Å². The molecule has 3 aromatic carbocycles. The number of aliphatic hydroxyl groups is 1. The molecule has 5 heteroatoms. The highest BCUT2D eigenvalue weighted by molar-refractivity contribution is 5.80. The molecule has 0 fully saturated rings. The molecular weight excluding hydrogens is 390 g/mol. The summed E-state index contributed by atoms with van der Waals surface area (Å²) >= 11 is 0. The number of amides is 1. The maximum absolute atomic E-state index is 13.2. The Morgan fingerprint density at radius 1 is 0.935 bits per heavy atom. The van der Waals surface area contributed by atoms with Gasteiger partial charge in [0.1, 0.15) is 12.4 Å². The second kappa shape index (κ2) is 9.58. The molecule has 5 nitrogen and oxygen atoms in total. The van der Waals surface area contributed by atoms with Crippen LogP contribution in [-0.2, 0) is 22.4 Å². The molecule has 1 unspecified atom stereocenters. The summed E-state index contributed by atoms with van der Waals surface area (Å²) in [6.07, 6.45) is 1.90. The predicted octanol–water partition coefficient (Wildman–Crippen LogP) is 3.60. The maximum Gasteiger partial charge on any atom is 0.337 e. The molecule has 3 aromatic rings. The first kappa shape index (κ1) is 20.8. The number of aliphatic hydroxyl groups excluding tert-OH is 1. The fourth-order valence-electron chi connectivity index (χ4n) is 4.16. The lowest BCUT2D eigenvalue weighted by molar-refractivity contribution is -0.137. The van der Waals surface area contributed by atoms with Crippen molar-refractivity contribution in [3.05, 3.63) is 101 Å². The van der Waals surface area contributed by atoms with Crippen molar-refractivity contribution in [1.82, 2.24) is 5.32 Å². The highest BCUT2D eigenvalue weighted by Crippen LogP contribution is 2.33. The number of rotatable bonds is 6. The van der Waals surface area contributed by atoms with Crippen molar-refractivity contribution >= 4 is 11.9 Å². The third-order valence-corrected chi connectivity index (χ3v) is 5.72. The zero-order valence-electron chi connectivity index (χ0n) is 17.2. The molecule has 0 aliphatic heterocycles. The number of esters is 1. The Balaban J connectivity index is 1.52. The summed E-state index contributed by atoms with van der Waals surface area (Å²) in [5.41, 5.74) is 4.02. The molecule has 1 aliphatic rings. The second-order valence-electron chi connectivity index (χ2n) is 7.73. The van der Waals surface area contributed by atoms with E-state index in [1.807, 2.05) is 72.8 Å². The minimum atomic E-state index is -0.679. The van der Waals surface area contributed by atoms with Crippen molar-refractivity contribution in [3.63, 3.8) is 0 Å². The van der Waals surface area contributed by atoms with E-state index in [1.54, 1.807) is 6.07 Å². The van der Waals surface area contributed by atoms with Gasteiger partial charge in [-0.1, -0.05) is 72.8 Å². The lowest BCUT2D eigenvalue weighted by Gasteiger charge is -2.28. The normalized spacial score (nSPS) is 15.2. The van der Waals surface area contributed by atoms with Crippen molar-refractivity contribution < 1.29 is 19.4 Å². The summed E-state index contributed by atoms with van der Waals surface area (Å²) in [4.78, 5) is 24.7. The summed E-state index contributed by atoms with van der Waals surface area (Å²) < 4.78 is 5.25. The van der Waals surface area contributed by atoms with Gasteiger partial charge in [0, 0.05) is 5.92 Å². The van der Waals surface area contributed by atoms with Crippen LogP contribution in [0.25, 0.3) is 0 Å². The van der Waals surface area contributed by atoms with Gasteiger partial charge in [0.2, 0.25) is 5.91 Å². The Hall–Kier alpha value is -3.44. The molecule has 0 bridgehead atoms. The average molecular weight is 415 g/mol. The largest absolute Gasteiger partial charge is 0.425 e. The summed E-state index contributed by atoms with van der Waals surface area (Å²) in [6.45, 7) is -0.658.